The molecule has 0 aromatic heterocycles. The molecular formula is C13H16BrNO3. The molecule has 0 heterocycles. The Labute approximate surface area is 115 Å². The molecule has 18 heavy (non-hydrogen) atoms. The fourth-order valence-corrected chi connectivity index (χ4v) is 2.49. The number of hydrogen-bond acceptors (Lipinski definition) is 3. The number of ether oxygens (including phenoxy) is 1. The molecule has 0 amide bonds. The lowest BCUT2D eigenvalue weighted by atomic mass is 10.1. The average molecular weight is 314 g/mol. The van der Waals surface area contributed by atoms with Crippen LogP contribution in [0, 0.1) is 15.5 Å². The first kappa shape index (κ1) is 13.3. The van der Waals surface area contributed by atoms with E-state index < -0.39 is 0 Å². The third kappa shape index (κ3) is 2.83. The Balaban J connectivity index is 2.14. The van der Waals surface area contributed by atoms with E-state index in [0.717, 1.165) is 30.2 Å². The van der Waals surface area contributed by atoms with Crippen molar-refractivity contribution in [3.05, 3.63) is 33.9 Å². The third-order valence-electron chi connectivity index (χ3n) is 3.40. The van der Waals surface area contributed by atoms with Gasteiger partial charge in [-0.05, 0) is 30.9 Å². The average Bonchev–Trinajstić information content (AvgIpc) is 3.16. The van der Waals surface area contributed by atoms with Crippen LogP contribution < -0.4 is 4.74 Å². The van der Waals surface area contributed by atoms with Gasteiger partial charge in [-0.25, -0.2) is 0 Å². The van der Waals surface area contributed by atoms with Gasteiger partial charge in [0.1, 0.15) is 0 Å². The summed E-state index contributed by atoms with van der Waals surface area (Å²) in [6.45, 7) is 2.52. The molecule has 1 aromatic rings. The van der Waals surface area contributed by atoms with Crippen LogP contribution in [0.2, 0.25) is 0 Å². The van der Waals surface area contributed by atoms with Gasteiger partial charge in [0.15, 0.2) is 5.75 Å². The highest BCUT2D eigenvalue weighted by Crippen LogP contribution is 2.47. The molecular weight excluding hydrogens is 298 g/mol. The van der Waals surface area contributed by atoms with Crippen molar-refractivity contribution in [2.45, 2.75) is 26.2 Å². The standard InChI is InChI=1S/C13H16BrNO3/c1-2-10-3-4-12(11(7-10)15(16)17)18-9-13(8-14)5-6-13/h3-4,7H,2,5-6,8-9H2,1H3. The van der Waals surface area contributed by atoms with Crippen molar-refractivity contribution in [3.8, 4) is 5.75 Å². The van der Waals surface area contributed by atoms with Gasteiger partial charge >= 0.3 is 5.69 Å². The quantitative estimate of drug-likeness (QED) is 0.457. The normalized spacial score (nSPS) is 16.3. The second-order valence-electron chi connectivity index (χ2n) is 4.84. The minimum atomic E-state index is -0.373. The zero-order valence-electron chi connectivity index (χ0n) is 10.3. The molecule has 1 aromatic carbocycles. The van der Waals surface area contributed by atoms with Crippen LogP contribution in [-0.2, 0) is 6.42 Å². The number of hydrogen-bond donors (Lipinski definition) is 0. The van der Waals surface area contributed by atoms with Crippen LogP contribution >= 0.6 is 15.9 Å². The number of benzene rings is 1. The number of nitro benzene ring substituents is 1. The van der Waals surface area contributed by atoms with Gasteiger partial charge in [0.05, 0.1) is 11.5 Å². The van der Waals surface area contributed by atoms with Crippen LogP contribution in [0.3, 0.4) is 0 Å². The molecule has 0 unspecified atom stereocenters. The molecule has 1 fully saturated rings. The Morgan fingerprint density at radius 1 is 1.50 bits per heavy atom. The summed E-state index contributed by atoms with van der Waals surface area (Å²) >= 11 is 3.46. The van der Waals surface area contributed by atoms with Gasteiger partial charge in [0.25, 0.3) is 0 Å². The van der Waals surface area contributed by atoms with Crippen molar-refractivity contribution in [3.63, 3.8) is 0 Å². The molecule has 0 spiro atoms. The summed E-state index contributed by atoms with van der Waals surface area (Å²) in [5.41, 5.74) is 1.22. The maximum atomic E-state index is 11.0. The Bertz CT molecular complexity index is 458. The van der Waals surface area contributed by atoms with Crippen molar-refractivity contribution < 1.29 is 9.66 Å². The van der Waals surface area contributed by atoms with Gasteiger partial charge in [0, 0.05) is 16.8 Å². The minimum Gasteiger partial charge on any atom is -0.486 e. The van der Waals surface area contributed by atoms with E-state index in [-0.39, 0.29) is 16.0 Å². The molecule has 0 aliphatic heterocycles. The molecule has 5 heteroatoms. The van der Waals surface area contributed by atoms with E-state index in [0.29, 0.717) is 12.4 Å². The number of rotatable bonds is 6. The van der Waals surface area contributed by atoms with Gasteiger partial charge in [-0.2, -0.15) is 0 Å². The van der Waals surface area contributed by atoms with E-state index in [4.69, 9.17) is 4.74 Å². The van der Waals surface area contributed by atoms with E-state index >= 15 is 0 Å². The second kappa shape index (κ2) is 5.26. The van der Waals surface area contributed by atoms with Crippen LogP contribution in [0.15, 0.2) is 18.2 Å². The van der Waals surface area contributed by atoms with E-state index in [1.54, 1.807) is 12.1 Å². The first-order valence-electron chi connectivity index (χ1n) is 6.06. The SMILES string of the molecule is CCc1ccc(OCC2(CBr)CC2)c([N+](=O)[O-])c1. The van der Waals surface area contributed by atoms with Gasteiger partial charge in [-0.1, -0.05) is 28.9 Å². The lowest BCUT2D eigenvalue weighted by molar-refractivity contribution is -0.386. The predicted octanol–water partition coefficient (Wildman–Crippen LogP) is 3.71. The lowest BCUT2D eigenvalue weighted by Crippen LogP contribution is -2.14. The predicted molar refractivity (Wildman–Crippen MR) is 73.4 cm³/mol. The fraction of sp³-hybridized carbons (Fsp3) is 0.538. The first-order valence-corrected chi connectivity index (χ1v) is 7.18. The van der Waals surface area contributed by atoms with Crippen molar-refractivity contribution in [1.82, 2.24) is 0 Å². The molecule has 1 aliphatic carbocycles. The molecule has 0 atom stereocenters. The first-order chi connectivity index (χ1) is 8.60. The molecule has 4 nitrogen and oxygen atoms in total. The Morgan fingerprint density at radius 3 is 2.72 bits per heavy atom. The van der Waals surface area contributed by atoms with Gasteiger partial charge in [-0.3, -0.25) is 10.1 Å². The molecule has 1 saturated carbocycles. The monoisotopic (exact) mass is 313 g/mol. The van der Waals surface area contributed by atoms with Crippen LogP contribution in [0.1, 0.15) is 25.3 Å². The highest BCUT2D eigenvalue weighted by atomic mass is 79.9. The number of aryl methyl sites for hydroxylation is 1. The zero-order valence-corrected chi connectivity index (χ0v) is 11.9. The Hall–Kier alpha value is -1.10. The topological polar surface area (TPSA) is 52.4 Å². The Morgan fingerprint density at radius 2 is 2.22 bits per heavy atom. The number of nitrogens with zero attached hydrogens (tertiary/aromatic N) is 1. The summed E-state index contributed by atoms with van der Waals surface area (Å²) in [4.78, 5) is 10.6. The van der Waals surface area contributed by atoms with E-state index in [1.807, 2.05) is 13.0 Å². The summed E-state index contributed by atoms with van der Waals surface area (Å²) < 4.78 is 5.64. The van der Waals surface area contributed by atoms with Crippen molar-refractivity contribution in [2.24, 2.45) is 5.41 Å². The largest absolute Gasteiger partial charge is 0.486 e. The molecule has 2 rings (SSSR count). The summed E-state index contributed by atoms with van der Waals surface area (Å²) in [5, 5.41) is 11.9. The number of nitro groups is 1. The summed E-state index contributed by atoms with van der Waals surface area (Å²) in [6.07, 6.45) is 3.03. The van der Waals surface area contributed by atoms with Crippen LogP contribution in [0.25, 0.3) is 0 Å². The molecule has 0 saturated heterocycles. The number of alkyl halides is 1. The van der Waals surface area contributed by atoms with Crippen LogP contribution in [-0.4, -0.2) is 16.9 Å². The van der Waals surface area contributed by atoms with Crippen LogP contribution in [0.5, 0.6) is 5.75 Å². The highest BCUT2D eigenvalue weighted by molar-refractivity contribution is 9.09. The minimum absolute atomic E-state index is 0.0692. The van der Waals surface area contributed by atoms with Gasteiger partial charge in [0.2, 0.25) is 0 Å². The molecule has 1 aliphatic rings. The second-order valence-corrected chi connectivity index (χ2v) is 5.40. The zero-order chi connectivity index (χ0) is 13.2. The fourth-order valence-electron chi connectivity index (χ4n) is 1.77. The summed E-state index contributed by atoms with van der Waals surface area (Å²) in [7, 11) is 0. The Kier molecular flexibility index (Phi) is 3.90. The van der Waals surface area contributed by atoms with Crippen molar-refractivity contribution >= 4 is 21.6 Å². The smallest absolute Gasteiger partial charge is 0.311 e. The summed E-state index contributed by atoms with van der Waals surface area (Å²) in [6, 6.07) is 5.19. The van der Waals surface area contributed by atoms with Crippen molar-refractivity contribution in [2.75, 3.05) is 11.9 Å². The molecule has 0 N–H and O–H groups in total. The summed E-state index contributed by atoms with van der Waals surface area (Å²) in [5.74, 6) is 0.379. The third-order valence-corrected chi connectivity index (χ3v) is 4.59. The molecule has 98 valence electrons. The lowest BCUT2D eigenvalue weighted by Gasteiger charge is -2.13. The van der Waals surface area contributed by atoms with E-state index in [9.17, 15) is 10.1 Å². The molecule has 0 bridgehead atoms. The van der Waals surface area contributed by atoms with E-state index in [1.165, 1.54) is 0 Å². The van der Waals surface area contributed by atoms with Crippen LogP contribution in [0.4, 0.5) is 5.69 Å². The van der Waals surface area contributed by atoms with Gasteiger partial charge < -0.3 is 4.74 Å². The number of halogens is 1. The van der Waals surface area contributed by atoms with Gasteiger partial charge in [-0.15, -0.1) is 0 Å². The maximum Gasteiger partial charge on any atom is 0.311 e. The maximum absolute atomic E-state index is 11.0. The van der Waals surface area contributed by atoms with Crippen molar-refractivity contribution in [1.29, 1.82) is 0 Å². The molecule has 0 radical (unpaired) electrons. The highest BCUT2D eigenvalue weighted by Gasteiger charge is 2.42. The van der Waals surface area contributed by atoms with E-state index in [2.05, 4.69) is 15.9 Å².